The highest BCUT2D eigenvalue weighted by atomic mass is 19.1. The number of halogens is 1. The second-order valence-corrected chi connectivity index (χ2v) is 6.86. The molecule has 0 aliphatic carbocycles. The predicted octanol–water partition coefficient (Wildman–Crippen LogP) is 6.24. The standard InChI is InChI=1S/C25H15FN2O2/c26-23-21(13-18(14-27)24-22(23)20-10-5-11-28-25(20)30-24)17-8-4-9-19(12-17)29-15-16-6-2-1-3-7-16/h1-13H,15H2. The molecule has 0 atom stereocenters. The van der Waals surface area contributed by atoms with Gasteiger partial charge in [-0.15, -0.1) is 0 Å². The fourth-order valence-corrected chi connectivity index (χ4v) is 3.54. The number of aromatic nitrogens is 1. The Balaban J connectivity index is 1.60. The summed E-state index contributed by atoms with van der Waals surface area (Å²) in [5.74, 6) is 0.170. The van der Waals surface area contributed by atoms with E-state index in [-0.39, 0.29) is 16.5 Å². The molecule has 3 aromatic carbocycles. The fourth-order valence-electron chi connectivity index (χ4n) is 3.54. The number of rotatable bonds is 4. The van der Waals surface area contributed by atoms with Crippen LogP contribution in [0.25, 0.3) is 33.2 Å². The van der Waals surface area contributed by atoms with Crippen LogP contribution in [-0.4, -0.2) is 4.98 Å². The van der Waals surface area contributed by atoms with Crippen molar-refractivity contribution in [2.45, 2.75) is 6.61 Å². The van der Waals surface area contributed by atoms with Crippen molar-refractivity contribution < 1.29 is 13.5 Å². The van der Waals surface area contributed by atoms with Gasteiger partial charge in [-0.2, -0.15) is 5.26 Å². The Hall–Kier alpha value is -4.17. The summed E-state index contributed by atoms with van der Waals surface area (Å²) < 4.78 is 27.1. The number of nitriles is 1. The third-order valence-corrected chi connectivity index (χ3v) is 4.97. The minimum Gasteiger partial charge on any atom is -0.489 e. The van der Waals surface area contributed by atoms with Crippen LogP contribution in [0, 0.1) is 17.1 Å². The largest absolute Gasteiger partial charge is 0.489 e. The Labute approximate surface area is 171 Å². The number of ether oxygens (including phenoxy) is 1. The molecule has 0 bridgehead atoms. The molecule has 2 heterocycles. The van der Waals surface area contributed by atoms with Gasteiger partial charge in [-0.05, 0) is 41.5 Å². The van der Waals surface area contributed by atoms with Crippen molar-refractivity contribution in [2.75, 3.05) is 0 Å². The van der Waals surface area contributed by atoms with Crippen molar-refractivity contribution in [3.63, 3.8) is 0 Å². The zero-order valence-electron chi connectivity index (χ0n) is 15.8. The normalized spacial score (nSPS) is 10.9. The van der Waals surface area contributed by atoms with Crippen molar-refractivity contribution in [1.82, 2.24) is 4.98 Å². The molecule has 144 valence electrons. The first-order valence-corrected chi connectivity index (χ1v) is 9.41. The van der Waals surface area contributed by atoms with E-state index < -0.39 is 5.82 Å². The average Bonchev–Trinajstić information content (AvgIpc) is 3.19. The molecule has 0 radical (unpaired) electrons. The van der Waals surface area contributed by atoms with Gasteiger partial charge in [0.05, 0.1) is 16.3 Å². The van der Waals surface area contributed by atoms with E-state index in [2.05, 4.69) is 11.1 Å². The Morgan fingerprint density at radius 1 is 1.00 bits per heavy atom. The van der Waals surface area contributed by atoms with E-state index in [1.807, 2.05) is 36.4 Å². The van der Waals surface area contributed by atoms with Crippen LogP contribution in [0.4, 0.5) is 4.39 Å². The molecule has 0 aliphatic rings. The highest BCUT2D eigenvalue weighted by molar-refractivity contribution is 6.07. The van der Waals surface area contributed by atoms with Gasteiger partial charge in [0, 0.05) is 11.8 Å². The minimum atomic E-state index is -0.448. The number of nitrogens with zero attached hydrogens (tertiary/aromatic N) is 2. The highest BCUT2D eigenvalue weighted by Crippen LogP contribution is 2.37. The first-order chi connectivity index (χ1) is 14.7. The third kappa shape index (κ3) is 3.05. The molecule has 0 amide bonds. The van der Waals surface area contributed by atoms with Gasteiger partial charge in [0.1, 0.15) is 24.2 Å². The molecule has 5 rings (SSSR count). The van der Waals surface area contributed by atoms with E-state index in [0.717, 1.165) is 5.56 Å². The highest BCUT2D eigenvalue weighted by Gasteiger charge is 2.20. The van der Waals surface area contributed by atoms with Crippen molar-refractivity contribution in [1.29, 1.82) is 5.26 Å². The van der Waals surface area contributed by atoms with Gasteiger partial charge in [-0.1, -0.05) is 42.5 Å². The van der Waals surface area contributed by atoms with Gasteiger partial charge in [-0.3, -0.25) is 0 Å². The molecule has 0 saturated heterocycles. The molecule has 0 fully saturated rings. The predicted molar refractivity (Wildman–Crippen MR) is 112 cm³/mol. The number of hydrogen-bond donors (Lipinski definition) is 0. The van der Waals surface area contributed by atoms with E-state index in [0.29, 0.717) is 34.6 Å². The van der Waals surface area contributed by atoms with Crippen LogP contribution in [0.15, 0.2) is 83.4 Å². The minimum absolute atomic E-state index is 0.212. The lowest BCUT2D eigenvalue weighted by Gasteiger charge is -2.10. The first-order valence-electron chi connectivity index (χ1n) is 9.41. The smallest absolute Gasteiger partial charge is 0.227 e. The molecule has 0 spiro atoms. The molecule has 0 saturated carbocycles. The summed E-state index contributed by atoms with van der Waals surface area (Å²) in [4.78, 5) is 4.14. The molecule has 4 nitrogen and oxygen atoms in total. The quantitative estimate of drug-likeness (QED) is 0.362. The van der Waals surface area contributed by atoms with Gasteiger partial charge in [-0.25, -0.2) is 9.37 Å². The Kier molecular flexibility index (Phi) is 4.38. The summed E-state index contributed by atoms with van der Waals surface area (Å²) in [7, 11) is 0. The number of pyridine rings is 1. The second kappa shape index (κ2) is 7.34. The summed E-state index contributed by atoms with van der Waals surface area (Å²) in [6.07, 6.45) is 1.57. The molecule has 2 aromatic heterocycles. The molecule has 0 unspecified atom stereocenters. The summed E-state index contributed by atoms with van der Waals surface area (Å²) in [6.45, 7) is 0.410. The molecular weight excluding hydrogens is 379 g/mol. The monoisotopic (exact) mass is 394 g/mol. The van der Waals surface area contributed by atoms with Crippen molar-refractivity contribution >= 4 is 22.1 Å². The Morgan fingerprint density at radius 2 is 1.87 bits per heavy atom. The number of hydrogen-bond acceptors (Lipinski definition) is 4. The van der Waals surface area contributed by atoms with Gasteiger partial charge >= 0.3 is 0 Å². The third-order valence-electron chi connectivity index (χ3n) is 4.97. The number of benzene rings is 3. The van der Waals surface area contributed by atoms with Crippen LogP contribution in [0.3, 0.4) is 0 Å². The maximum atomic E-state index is 15.6. The zero-order chi connectivity index (χ0) is 20.5. The van der Waals surface area contributed by atoms with Crippen LogP contribution in [0.2, 0.25) is 0 Å². The summed E-state index contributed by atoms with van der Waals surface area (Å²) in [6, 6.07) is 24.1. The van der Waals surface area contributed by atoms with Crippen molar-refractivity contribution in [2.24, 2.45) is 0 Å². The Bertz CT molecular complexity index is 1420. The van der Waals surface area contributed by atoms with E-state index in [1.54, 1.807) is 36.5 Å². The van der Waals surface area contributed by atoms with Gasteiger partial charge in [0.25, 0.3) is 0 Å². The summed E-state index contributed by atoms with van der Waals surface area (Å²) in [5, 5.41) is 10.4. The number of furan rings is 1. The summed E-state index contributed by atoms with van der Waals surface area (Å²) in [5.41, 5.74) is 2.75. The first kappa shape index (κ1) is 17.9. The molecule has 0 aliphatic heterocycles. The van der Waals surface area contributed by atoms with Gasteiger partial charge in [0.2, 0.25) is 5.71 Å². The molecule has 30 heavy (non-hydrogen) atoms. The van der Waals surface area contributed by atoms with Crippen LogP contribution >= 0.6 is 0 Å². The van der Waals surface area contributed by atoms with Crippen molar-refractivity contribution in [3.05, 3.63) is 95.9 Å². The fraction of sp³-hybridized carbons (Fsp3) is 0.0400. The van der Waals surface area contributed by atoms with E-state index in [1.165, 1.54) is 6.07 Å². The molecule has 5 heteroatoms. The van der Waals surface area contributed by atoms with Gasteiger partial charge < -0.3 is 9.15 Å². The van der Waals surface area contributed by atoms with E-state index in [9.17, 15) is 5.26 Å². The molecule has 5 aromatic rings. The lowest BCUT2D eigenvalue weighted by molar-refractivity contribution is 0.306. The van der Waals surface area contributed by atoms with Crippen LogP contribution < -0.4 is 4.74 Å². The van der Waals surface area contributed by atoms with Crippen LogP contribution in [-0.2, 0) is 6.61 Å². The zero-order valence-corrected chi connectivity index (χ0v) is 15.8. The topological polar surface area (TPSA) is 59.0 Å². The Morgan fingerprint density at radius 3 is 2.70 bits per heavy atom. The van der Waals surface area contributed by atoms with Crippen molar-refractivity contribution in [3.8, 4) is 22.9 Å². The van der Waals surface area contributed by atoms with Gasteiger partial charge in [0.15, 0.2) is 5.58 Å². The van der Waals surface area contributed by atoms with E-state index in [4.69, 9.17) is 9.15 Å². The second-order valence-electron chi connectivity index (χ2n) is 6.86. The lowest BCUT2D eigenvalue weighted by atomic mass is 9.99. The van der Waals surface area contributed by atoms with Crippen LogP contribution in [0.5, 0.6) is 5.75 Å². The molecule has 0 N–H and O–H groups in total. The lowest BCUT2D eigenvalue weighted by Crippen LogP contribution is -1.95. The SMILES string of the molecule is N#Cc1cc(-c2cccc(OCc3ccccc3)c2)c(F)c2c1oc1ncccc12. The average molecular weight is 394 g/mol. The maximum Gasteiger partial charge on any atom is 0.227 e. The maximum absolute atomic E-state index is 15.6. The molecular formula is C25H15FN2O2. The summed E-state index contributed by atoms with van der Waals surface area (Å²) >= 11 is 0. The number of fused-ring (bicyclic) bond motifs is 3. The van der Waals surface area contributed by atoms with E-state index >= 15 is 4.39 Å². The van der Waals surface area contributed by atoms with Crippen LogP contribution in [0.1, 0.15) is 11.1 Å².